The zero-order chi connectivity index (χ0) is 15.1. The van der Waals surface area contributed by atoms with Crippen LogP contribution in [0.3, 0.4) is 0 Å². The summed E-state index contributed by atoms with van der Waals surface area (Å²) in [7, 11) is 0. The molecule has 0 aromatic heterocycles. The Bertz CT molecular complexity index is 662. The van der Waals surface area contributed by atoms with Gasteiger partial charge in [0, 0.05) is 15.6 Å². The van der Waals surface area contributed by atoms with E-state index in [2.05, 4.69) is 28.1 Å². The lowest BCUT2D eigenvalue weighted by Crippen LogP contribution is -2.02. The molecule has 0 aliphatic carbocycles. The monoisotopic (exact) mass is 340 g/mol. The van der Waals surface area contributed by atoms with Gasteiger partial charge in [-0.15, -0.1) is 0 Å². The van der Waals surface area contributed by atoms with Crippen LogP contribution >= 0.6 is 15.9 Å². The van der Waals surface area contributed by atoms with Crippen LogP contribution < -0.4 is 4.74 Å². The lowest BCUT2D eigenvalue weighted by molar-refractivity contribution is 0.301. The van der Waals surface area contributed by atoms with Crippen LogP contribution in [0.2, 0.25) is 0 Å². The van der Waals surface area contributed by atoms with Crippen LogP contribution in [0.1, 0.15) is 16.7 Å². The molecule has 0 N–H and O–H groups in total. The molecule has 0 saturated heterocycles. The van der Waals surface area contributed by atoms with E-state index in [9.17, 15) is 0 Å². The first-order chi connectivity index (χ1) is 10.2. The Balaban J connectivity index is 2.31. The van der Waals surface area contributed by atoms with E-state index < -0.39 is 0 Å². The van der Waals surface area contributed by atoms with Gasteiger partial charge in [0.15, 0.2) is 0 Å². The Morgan fingerprint density at radius 1 is 0.952 bits per heavy atom. The summed E-state index contributed by atoms with van der Waals surface area (Å²) in [5.74, 6) is 0.644. The van der Waals surface area contributed by atoms with E-state index >= 15 is 0 Å². The third-order valence-electron chi connectivity index (χ3n) is 2.97. The summed E-state index contributed by atoms with van der Waals surface area (Å²) in [5.41, 5.74) is 2.65. The van der Waals surface area contributed by atoms with Crippen molar-refractivity contribution >= 4 is 15.9 Å². The fourth-order valence-corrected chi connectivity index (χ4v) is 2.61. The number of hydrogen-bond acceptors (Lipinski definition) is 3. The number of rotatable bonds is 5. The molecule has 3 nitrogen and oxygen atoms in total. The number of halogens is 1. The minimum absolute atomic E-state index is 0.252. The molecule has 104 valence electrons. The van der Waals surface area contributed by atoms with Crippen molar-refractivity contribution in [3.8, 4) is 17.9 Å². The Labute approximate surface area is 132 Å². The van der Waals surface area contributed by atoms with E-state index in [-0.39, 0.29) is 12.8 Å². The minimum Gasteiger partial charge on any atom is -0.488 e. The van der Waals surface area contributed by atoms with Crippen molar-refractivity contribution in [2.45, 2.75) is 19.4 Å². The maximum absolute atomic E-state index is 8.96. The lowest BCUT2D eigenvalue weighted by Gasteiger charge is -2.14. The molecule has 0 aliphatic rings. The number of nitriles is 2. The highest BCUT2D eigenvalue weighted by Gasteiger charge is 2.12. The van der Waals surface area contributed by atoms with Gasteiger partial charge in [-0.3, -0.25) is 0 Å². The Morgan fingerprint density at radius 3 is 2.05 bits per heavy atom. The zero-order valence-corrected chi connectivity index (χ0v) is 12.9. The van der Waals surface area contributed by atoms with Crippen molar-refractivity contribution < 1.29 is 4.74 Å². The van der Waals surface area contributed by atoms with E-state index in [1.807, 2.05) is 42.5 Å². The van der Waals surface area contributed by atoms with E-state index in [1.165, 1.54) is 0 Å². The summed E-state index contributed by atoms with van der Waals surface area (Å²) < 4.78 is 6.74. The summed E-state index contributed by atoms with van der Waals surface area (Å²) in [5, 5.41) is 17.9. The highest BCUT2D eigenvalue weighted by Crippen LogP contribution is 2.30. The highest BCUT2D eigenvalue weighted by molar-refractivity contribution is 9.10. The van der Waals surface area contributed by atoms with Gasteiger partial charge in [0.25, 0.3) is 0 Å². The third kappa shape index (κ3) is 4.08. The highest BCUT2D eigenvalue weighted by atomic mass is 79.9. The van der Waals surface area contributed by atoms with E-state index in [4.69, 9.17) is 15.3 Å². The molecule has 0 spiro atoms. The molecule has 0 unspecified atom stereocenters. The normalized spacial score (nSPS) is 9.67. The van der Waals surface area contributed by atoms with Gasteiger partial charge < -0.3 is 4.74 Å². The van der Waals surface area contributed by atoms with E-state index in [0.717, 1.165) is 21.2 Å². The molecule has 0 fully saturated rings. The summed E-state index contributed by atoms with van der Waals surface area (Å²) in [4.78, 5) is 0. The number of ether oxygens (including phenoxy) is 1. The van der Waals surface area contributed by atoms with Crippen LogP contribution in [0.4, 0.5) is 0 Å². The number of nitrogens with zero attached hydrogens (tertiary/aromatic N) is 2. The van der Waals surface area contributed by atoms with Crippen LogP contribution in [0, 0.1) is 22.7 Å². The predicted octanol–water partition coefficient (Wildman–Crippen LogP) is 4.16. The van der Waals surface area contributed by atoms with Crippen molar-refractivity contribution in [1.29, 1.82) is 10.5 Å². The summed E-state index contributed by atoms with van der Waals surface area (Å²) >= 11 is 3.41. The second kappa shape index (κ2) is 7.47. The Kier molecular flexibility index (Phi) is 5.37. The third-order valence-corrected chi connectivity index (χ3v) is 3.43. The Morgan fingerprint density at radius 2 is 1.52 bits per heavy atom. The molecule has 21 heavy (non-hydrogen) atoms. The maximum atomic E-state index is 8.96. The summed E-state index contributed by atoms with van der Waals surface area (Å²) in [6.45, 7) is 0.416. The Hall–Kier alpha value is -2.30. The molecule has 4 heteroatoms. The van der Waals surface area contributed by atoms with Gasteiger partial charge in [0.2, 0.25) is 0 Å². The number of benzene rings is 2. The molecule has 0 heterocycles. The largest absolute Gasteiger partial charge is 0.488 e. The molecule has 2 rings (SSSR count). The first-order valence-corrected chi connectivity index (χ1v) is 7.26. The van der Waals surface area contributed by atoms with Crippen molar-refractivity contribution in [2.75, 3.05) is 0 Å². The van der Waals surface area contributed by atoms with Crippen molar-refractivity contribution in [3.63, 3.8) is 0 Å². The molecule has 0 atom stereocenters. The quantitative estimate of drug-likeness (QED) is 0.820. The van der Waals surface area contributed by atoms with Crippen LogP contribution in [-0.2, 0) is 19.4 Å². The molecule has 0 radical (unpaired) electrons. The van der Waals surface area contributed by atoms with E-state index in [1.54, 1.807) is 0 Å². The van der Waals surface area contributed by atoms with Gasteiger partial charge in [-0.2, -0.15) is 10.5 Å². The molecule has 2 aromatic rings. The van der Waals surface area contributed by atoms with Gasteiger partial charge in [0.1, 0.15) is 12.4 Å². The summed E-state index contributed by atoms with van der Waals surface area (Å²) in [6.07, 6.45) is 0.504. The fourth-order valence-electron chi connectivity index (χ4n) is 2.06. The predicted molar refractivity (Wildman–Crippen MR) is 83.6 cm³/mol. The van der Waals surface area contributed by atoms with Crippen LogP contribution in [-0.4, -0.2) is 0 Å². The standard InChI is InChI=1S/C17H13BrN2O/c18-16-10-14(6-8-19)17(15(11-16)7-9-20)21-12-13-4-2-1-3-5-13/h1-5,10-11H,6-7,12H2. The first-order valence-electron chi connectivity index (χ1n) is 6.46. The van der Waals surface area contributed by atoms with Gasteiger partial charge in [-0.1, -0.05) is 46.3 Å². The average Bonchev–Trinajstić information content (AvgIpc) is 2.48. The maximum Gasteiger partial charge on any atom is 0.128 e. The zero-order valence-electron chi connectivity index (χ0n) is 11.3. The van der Waals surface area contributed by atoms with Gasteiger partial charge in [0.05, 0.1) is 25.0 Å². The summed E-state index contributed by atoms with van der Waals surface area (Å²) in [6, 6.07) is 17.8. The molecule has 0 saturated carbocycles. The minimum atomic E-state index is 0.252. The van der Waals surface area contributed by atoms with Crippen LogP contribution in [0.5, 0.6) is 5.75 Å². The van der Waals surface area contributed by atoms with E-state index in [0.29, 0.717) is 12.4 Å². The molecule has 0 amide bonds. The fraction of sp³-hybridized carbons (Fsp3) is 0.176. The molecular weight excluding hydrogens is 328 g/mol. The van der Waals surface area contributed by atoms with Gasteiger partial charge >= 0.3 is 0 Å². The van der Waals surface area contributed by atoms with Crippen molar-refractivity contribution in [1.82, 2.24) is 0 Å². The molecule has 0 aliphatic heterocycles. The second-order valence-corrected chi connectivity index (χ2v) is 5.41. The number of hydrogen-bond donors (Lipinski definition) is 0. The topological polar surface area (TPSA) is 56.8 Å². The van der Waals surface area contributed by atoms with Crippen LogP contribution in [0.25, 0.3) is 0 Å². The van der Waals surface area contributed by atoms with Crippen molar-refractivity contribution in [2.24, 2.45) is 0 Å². The smallest absolute Gasteiger partial charge is 0.128 e. The first kappa shape index (κ1) is 15.1. The van der Waals surface area contributed by atoms with Crippen LogP contribution in [0.15, 0.2) is 46.9 Å². The van der Waals surface area contributed by atoms with Crippen molar-refractivity contribution in [3.05, 3.63) is 63.6 Å². The lowest BCUT2D eigenvalue weighted by atomic mass is 10.0. The van der Waals surface area contributed by atoms with Gasteiger partial charge in [-0.25, -0.2) is 0 Å². The SMILES string of the molecule is N#CCc1cc(Br)cc(CC#N)c1OCc1ccccc1. The average molecular weight is 341 g/mol. The molecule has 0 bridgehead atoms. The molecule has 2 aromatic carbocycles. The molecular formula is C17H13BrN2O. The van der Waals surface area contributed by atoms with Gasteiger partial charge in [-0.05, 0) is 17.7 Å². The second-order valence-electron chi connectivity index (χ2n) is 4.50.